The number of unbranched alkanes of at least 4 members (excludes halogenated alkanes) is 1. The number of nitrogens with one attached hydrogen (secondary N) is 1. The summed E-state index contributed by atoms with van der Waals surface area (Å²) in [5.74, 6) is -0.104. The topological polar surface area (TPSA) is 64.6 Å². The maximum Gasteiger partial charge on any atom is 0.407 e. The minimum Gasteiger partial charge on any atom is -0.462 e. The second-order valence-electron chi connectivity index (χ2n) is 5.58. The summed E-state index contributed by atoms with van der Waals surface area (Å²) in [5.41, 5.74) is 0. The van der Waals surface area contributed by atoms with Gasteiger partial charge in [-0.1, -0.05) is 20.3 Å². The highest BCUT2D eigenvalue weighted by molar-refractivity contribution is 5.70. The smallest absolute Gasteiger partial charge is 0.407 e. The summed E-state index contributed by atoms with van der Waals surface area (Å²) in [4.78, 5) is 23.0. The molecule has 1 rings (SSSR count). The van der Waals surface area contributed by atoms with Crippen molar-refractivity contribution in [2.45, 2.75) is 64.9 Å². The Morgan fingerprint density at radius 3 is 2.65 bits per heavy atom. The van der Waals surface area contributed by atoms with E-state index in [1.54, 1.807) is 0 Å². The van der Waals surface area contributed by atoms with Crippen molar-refractivity contribution in [2.24, 2.45) is 5.92 Å². The fourth-order valence-corrected chi connectivity index (χ4v) is 2.21. The van der Waals surface area contributed by atoms with Gasteiger partial charge in [-0.15, -0.1) is 0 Å². The van der Waals surface area contributed by atoms with E-state index in [1.807, 2.05) is 13.8 Å². The zero-order valence-corrected chi connectivity index (χ0v) is 12.7. The fourth-order valence-electron chi connectivity index (χ4n) is 2.21. The Kier molecular flexibility index (Phi) is 8.07. The van der Waals surface area contributed by atoms with Gasteiger partial charge in [0.15, 0.2) is 0 Å². The maximum atomic E-state index is 11.7. The third-order valence-corrected chi connectivity index (χ3v) is 3.44. The Labute approximate surface area is 121 Å². The van der Waals surface area contributed by atoms with Gasteiger partial charge in [0.2, 0.25) is 0 Å². The number of hydrogen-bond donors (Lipinski definition) is 1. The lowest BCUT2D eigenvalue weighted by Gasteiger charge is -2.15. The highest BCUT2D eigenvalue weighted by Gasteiger charge is 2.20. The molecule has 20 heavy (non-hydrogen) atoms. The van der Waals surface area contributed by atoms with Crippen molar-refractivity contribution < 1.29 is 19.1 Å². The van der Waals surface area contributed by atoms with Crippen LogP contribution in [-0.4, -0.2) is 31.3 Å². The average molecular weight is 285 g/mol. The molecule has 0 aromatic carbocycles. The van der Waals surface area contributed by atoms with E-state index in [-0.39, 0.29) is 18.0 Å². The second-order valence-corrected chi connectivity index (χ2v) is 5.58. The molecular weight excluding hydrogens is 258 g/mol. The number of amides is 1. The van der Waals surface area contributed by atoms with Crippen molar-refractivity contribution in [1.29, 1.82) is 0 Å². The fraction of sp³-hybridized carbons (Fsp3) is 0.867. The molecule has 1 atom stereocenters. The lowest BCUT2D eigenvalue weighted by atomic mass is 10.1. The van der Waals surface area contributed by atoms with E-state index in [1.165, 1.54) is 0 Å². The minimum absolute atomic E-state index is 0.0580. The van der Waals surface area contributed by atoms with Crippen LogP contribution in [0.4, 0.5) is 4.79 Å². The quantitative estimate of drug-likeness (QED) is 0.550. The number of ether oxygens (including phenoxy) is 2. The predicted molar refractivity (Wildman–Crippen MR) is 76.4 cm³/mol. The van der Waals surface area contributed by atoms with Crippen molar-refractivity contribution in [3.05, 3.63) is 0 Å². The Balaban J connectivity index is 2.07. The number of rotatable bonds is 8. The Bertz CT molecular complexity index is 300. The van der Waals surface area contributed by atoms with Crippen molar-refractivity contribution >= 4 is 12.1 Å². The number of carbonyl (C=O) groups is 2. The van der Waals surface area contributed by atoms with Crippen LogP contribution < -0.4 is 5.32 Å². The lowest BCUT2D eigenvalue weighted by molar-refractivity contribution is -0.149. The molecule has 1 aliphatic carbocycles. The first-order valence-electron chi connectivity index (χ1n) is 7.72. The van der Waals surface area contributed by atoms with E-state index < -0.39 is 6.09 Å². The number of alkyl carbamates (subject to hydrolysis) is 1. The van der Waals surface area contributed by atoms with E-state index in [0.717, 1.165) is 38.5 Å². The van der Waals surface area contributed by atoms with Crippen molar-refractivity contribution in [3.8, 4) is 0 Å². The summed E-state index contributed by atoms with van der Waals surface area (Å²) in [7, 11) is 0. The Morgan fingerprint density at radius 1 is 1.30 bits per heavy atom. The average Bonchev–Trinajstić information content (AvgIpc) is 2.89. The molecule has 0 aromatic rings. The third kappa shape index (κ3) is 7.36. The number of hydrogen-bond acceptors (Lipinski definition) is 4. The molecule has 1 N–H and O–H groups in total. The molecule has 5 heteroatoms. The van der Waals surface area contributed by atoms with E-state index in [2.05, 4.69) is 5.32 Å². The van der Waals surface area contributed by atoms with Gasteiger partial charge < -0.3 is 14.8 Å². The van der Waals surface area contributed by atoms with Crippen LogP contribution in [0, 0.1) is 5.92 Å². The standard InChI is InChI=1S/C15H27NO4/c1-3-4-9-19-15(18)16-11-12(2)10-14(17)20-13-7-5-6-8-13/h12-13H,3-11H2,1-2H3,(H,16,18). The monoisotopic (exact) mass is 285 g/mol. The van der Waals surface area contributed by atoms with Crippen molar-refractivity contribution in [2.75, 3.05) is 13.2 Å². The van der Waals surface area contributed by atoms with Gasteiger partial charge >= 0.3 is 12.1 Å². The van der Waals surface area contributed by atoms with Crippen LogP contribution in [0.1, 0.15) is 58.8 Å². The molecular formula is C15H27NO4. The van der Waals surface area contributed by atoms with Gasteiger partial charge in [-0.2, -0.15) is 0 Å². The highest BCUT2D eigenvalue weighted by Crippen LogP contribution is 2.21. The summed E-state index contributed by atoms with van der Waals surface area (Å²) in [6.07, 6.45) is 6.19. The summed E-state index contributed by atoms with van der Waals surface area (Å²) in [6.45, 7) is 4.84. The normalized spacial score (nSPS) is 16.7. The lowest BCUT2D eigenvalue weighted by Crippen LogP contribution is -2.30. The molecule has 1 amide bonds. The molecule has 1 saturated carbocycles. The molecule has 5 nitrogen and oxygen atoms in total. The zero-order chi connectivity index (χ0) is 14.8. The van der Waals surface area contributed by atoms with Crippen LogP contribution in [0.5, 0.6) is 0 Å². The first kappa shape index (κ1) is 16.8. The van der Waals surface area contributed by atoms with Crippen molar-refractivity contribution in [1.82, 2.24) is 5.32 Å². The SMILES string of the molecule is CCCCOC(=O)NCC(C)CC(=O)OC1CCCC1. The Hall–Kier alpha value is -1.26. The summed E-state index contributed by atoms with van der Waals surface area (Å²) >= 11 is 0. The summed E-state index contributed by atoms with van der Waals surface area (Å²) < 4.78 is 10.4. The molecule has 0 radical (unpaired) electrons. The summed E-state index contributed by atoms with van der Waals surface area (Å²) in [5, 5.41) is 2.67. The van der Waals surface area contributed by atoms with Crippen LogP contribution in [-0.2, 0) is 14.3 Å². The molecule has 0 bridgehead atoms. The van der Waals surface area contributed by atoms with Crippen LogP contribution in [0.15, 0.2) is 0 Å². The molecule has 1 unspecified atom stereocenters. The van der Waals surface area contributed by atoms with Gasteiger partial charge in [-0.25, -0.2) is 4.79 Å². The molecule has 0 spiro atoms. The molecule has 116 valence electrons. The minimum atomic E-state index is -0.408. The number of esters is 1. The third-order valence-electron chi connectivity index (χ3n) is 3.44. The van der Waals surface area contributed by atoms with Crippen LogP contribution in [0.25, 0.3) is 0 Å². The van der Waals surface area contributed by atoms with Gasteiger partial charge in [0.05, 0.1) is 6.61 Å². The number of carbonyl (C=O) groups excluding carboxylic acids is 2. The molecule has 0 aromatic heterocycles. The van der Waals surface area contributed by atoms with Crippen molar-refractivity contribution in [3.63, 3.8) is 0 Å². The Morgan fingerprint density at radius 2 is 2.00 bits per heavy atom. The first-order chi connectivity index (χ1) is 9.61. The molecule has 0 aliphatic heterocycles. The maximum absolute atomic E-state index is 11.7. The second kappa shape index (κ2) is 9.61. The summed E-state index contributed by atoms with van der Waals surface area (Å²) in [6, 6.07) is 0. The van der Waals surface area contributed by atoms with Gasteiger partial charge in [-0.3, -0.25) is 4.79 Å². The van der Waals surface area contributed by atoms with Crippen LogP contribution >= 0.6 is 0 Å². The molecule has 0 saturated heterocycles. The molecule has 0 heterocycles. The van der Waals surface area contributed by atoms with E-state index in [9.17, 15) is 9.59 Å². The van der Waals surface area contributed by atoms with E-state index >= 15 is 0 Å². The van der Waals surface area contributed by atoms with Crippen LogP contribution in [0.2, 0.25) is 0 Å². The van der Waals surface area contributed by atoms with Gasteiger partial charge in [-0.05, 0) is 38.0 Å². The van der Waals surface area contributed by atoms with Crippen LogP contribution in [0.3, 0.4) is 0 Å². The highest BCUT2D eigenvalue weighted by atomic mass is 16.5. The van der Waals surface area contributed by atoms with E-state index in [4.69, 9.17) is 9.47 Å². The van der Waals surface area contributed by atoms with Gasteiger partial charge in [0, 0.05) is 13.0 Å². The largest absolute Gasteiger partial charge is 0.462 e. The molecule has 1 aliphatic rings. The zero-order valence-electron chi connectivity index (χ0n) is 12.7. The molecule has 1 fully saturated rings. The van der Waals surface area contributed by atoms with E-state index in [0.29, 0.717) is 19.6 Å². The first-order valence-corrected chi connectivity index (χ1v) is 7.72. The predicted octanol–water partition coefficient (Wildman–Crippen LogP) is 3.02. The van der Waals surface area contributed by atoms with Gasteiger partial charge in [0.25, 0.3) is 0 Å². The van der Waals surface area contributed by atoms with Gasteiger partial charge in [0.1, 0.15) is 6.10 Å².